The Bertz CT molecular complexity index is 331. The summed E-state index contributed by atoms with van der Waals surface area (Å²) in [5.41, 5.74) is 1.14. The monoisotopic (exact) mass is 237 g/mol. The zero-order valence-electron chi connectivity index (χ0n) is 10.9. The van der Waals surface area contributed by atoms with Crippen molar-refractivity contribution in [2.75, 3.05) is 13.7 Å². The number of aromatic nitrogens is 2. The number of hydrogen-bond donors (Lipinski definition) is 1. The van der Waals surface area contributed by atoms with Gasteiger partial charge in [-0.15, -0.1) is 0 Å². The average molecular weight is 237 g/mol. The summed E-state index contributed by atoms with van der Waals surface area (Å²) in [5, 5.41) is 3.34. The van der Waals surface area contributed by atoms with E-state index >= 15 is 0 Å². The third-order valence-electron chi connectivity index (χ3n) is 3.47. The summed E-state index contributed by atoms with van der Waals surface area (Å²) < 4.78 is 7.64. The summed E-state index contributed by atoms with van der Waals surface area (Å²) in [6.07, 6.45) is 10.5. The van der Waals surface area contributed by atoms with E-state index in [1.54, 1.807) is 0 Å². The zero-order chi connectivity index (χ0) is 12.1. The van der Waals surface area contributed by atoms with Crippen LogP contribution in [0.15, 0.2) is 12.5 Å². The Labute approximate surface area is 103 Å². The van der Waals surface area contributed by atoms with Gasteiger partial charge in [-0.25, -0.2) is 4.98 Å². The largest absolute Gasteiger partial charge is 0.378 e. The molecule has 96 valence electrons. The molecule has 17 heavy (non-hydrogen) atoms. The SMILES string of the molecule is CNC(CCCC1CCCO1)c1cn(C)cn1. The maximum absolute atomic E-state index is 5.64. The number of nitrogens with zero attached hydrogens (tertiary/aromatic N) is 2. The predicted molar refractivity (Wildman–Crippen MR) is 67.8 cm³/mol. The van der Waals surface area contributed by atoms with E-state index in [1.165, 1.54) is 25.7 Å². The highest BCUT2D eigenvalue weighted by atomic mass is 16.5. The molecule has 2 heterocycles. The molecule has 0 radical (unpaired) electrons. The topological polar surface area (TPSA) is 39.1 Å². The molecule has 0 aromatic carbocycles. The molecule has 2 rings (SSSR count). The summed E-state index contributed by atoms with van der Waals surface area (Å²) in [4.78, 5) is 4.41. The molecule has 2 atom stereocenters. The van der Waals surface area contributed by atoms with Crippen molar-refractivity contribution in [1.82, 2.24) is 14.9 Å². The maximum Gasteiger partial charge on any atom is 0.0947 e. The Kier molecular flexibility index (Phi) is 4.57. The molecule has 0 saturated carbocycles. The van der Waals surface area contributed by atoms with Crippen molar-refractivity contribution in [3.8, 4) is 0 Å². The molecule has 4 nitrogen and oxygen atoms in total. The molecule has 2 unspecified atom stereocenters. The van der Waals surface area contributed by atoms with E-state index < -0.39 is 0 Å². The number of aryl methyl sites for hydroxylation is 1. The van der Waals surface area contributed by atoms with Gasteiger partial charge < -0.3 is 14.6 Å². The molecule has 0 aliphatic carbocycles. The summed E-state index contributed by atoms with van der Waals surface area (Å²) in [5.74, 6) is 0. The van der Waals surface area contributed by atoms with Gasteiger partial charge >= 0.3 is 0 Å². The van der Waals surface area contributed by atoms with Crippen molar-refractivity contribution in [2.24, 2.45) is 7.05 Å². The molecule has 0 spiro atoms. The molecule has 4 heteroatoms. The summed E-state index contributed by atoms with van der Waals surface area (Å²) in [7, 11) is 4.01. The normalized spacial score (nSPS) is 21.9. The van der Waals surface area contributed by atoms with E-state index in [1.807, 2.05) is 25.0 Å². The first-order chi connectivity index (χ1) is 8.29. The maximum atomic E-state index is 5.64. The first kappa shape index (κ1) is 12.6. The first-order valence-corrected chi connectivity index (χ1v) is 6.56. The molecule has 0 bridgehead atoms. The lowest BCUT2D eigenvalue weighted by Gasteiger charge is -2.15. The average Bonchev–Trinajstić information content (AvgIpc) is 2.96. The van der Waals surface area contributed by atoms with E-state index in [2.05, 4.69) is 16.5 Å². The summed E-state index contributed by atoms with van der Waals surface area (Å²) >= 11 is 0. The molecular weight excluding hydrogens is 214 g/mol. The van der Waals surface area contributed by atoms with Gasteiger partial charge in [0, 0.05) is 19.9 Å². The quantitative estimate of drug-likeness (QED) is 0.823. The lowest BCUT2D eigenvalue weighted by atomic mass is 10.0. The van der Waals surface area contributed by atoms with Crippen LogP contribution in [-0.2, 0) is 11.8 Å². The van der Waals surface area contributed by atoms with E-state index in [0.29, 0.717) is 12.1 Å². The Morgan fingerprint density at radius 3 is 3.12 bits per heavy atom. The molecule has 1 saturated heterocycles. The van der Waals surface area contributed by atoms with Gasteiger partial charge in [0.05, 0.1) is 24.2 Å². The van der Waals surface area contributed by atoms with Crippen molar-refractivity contribution in [3.05, 3.63) is 18.2 Å². The second kappa shape index (κ2) is 6.17. The van der Waals surface area contributed by atoms with Crippen LogP contribution in [-0.4, -0.2) is 29.3 Å². The van der Waals surface area contributed by atoms with Gasteiger partial charge in [-0.3, -0.25) is 0 Å². The highest BCUT2D eigenvalue weighted by Crippen LogP contribution is 2.22. The lowest BCUT2D eigenvalue weighted by Crippen LogP contribution is -2.17. The minimum atomic E-state index is 0.373. The highest BCUT2D eigenvalue weighted by molar-refractivity contribution is 5.03. The molecule has 0 amide bonds. The smallest absolute Gasteiger partial charge is 0.0947 e. The van der Waals surface area contributed by atoms with E-state index in [4.69, 9.17) is 4.74 Å². The Morgan fingerprint density at radius 1 is 1.65 bits per heavy atom. The van der Waals surface area contributed by atoms with E-state index in [-0.39, 0.29) is 0 Å². The van der Waals surface area contributed by atoms with E-state index in [9.17, 15) is 0 Å². The minimum absolute atomic E-state index is 0.373. The Morgan fingerprint density at radius 2 is 2.53 bits per heavy atom. The number of nitrogens with one attached hydrogen (secondary N) is 1. The molecule has 1 aromatic rings. The van der Waals surface area contributed by atoms with Gasteiger partial charge in [0.15, 0.2) is 0 Å². The second-order valence-electron chi connectivity index (χ2n) is 4.87. The van der Waals surface area contributed by atoms with Gasteiger partial charge in [-0.05, 0) is 39.2 Å². The number of hydrogen-bond acceptors (Lipinski definition) is 3. The fourth-order valence-corrected chi connectivity index (χ4v) is 2.47. The number of ether oxygens (including phenoxy) is 1. The fourth-order valence-electron chi connectivity index (χ4n) is 2.47. The van der Waals surface area contributed by atoms with Crippen molar-refractivity contribution in [2.45, 2.75) is 44.2 Å². The summed E-state index contributed by atoms with van der Waals surface area (Å²) in [6, 6.07) is 0.373. The van der Waals surface area contributed by atoms with Crippen LogP contribution in [0.1, 0.15) is 43.8 Å². The molecular formula is C13H23N3O. The van der Waals surface area contributed by atoms with Crippen LogP contribution in [0, 0.1) is 0 Å². The van der Waals surface area contributed by atoms with Gasteiger partial charge in [0.25, 0.3) is 0 Å². The van der Waals surface area contributed by atoms with Crippen molar-refractivity contribution in [1.29, 1.82) is 0 Å². The van der Waals surface area contributed by atoms with Crippen LogP contribution in [0.25, 0.3) is 0 Å². The minimum Gasteiger partial charge on any atom is -0.378 e. The second-order valence-corrected chi connectivity index (χ2v) is 4.87. The first-order valence-electron chi connectivity index (χ1n) is 6.56. The van der Waals surface area contributed by atoms with E-state index in [0.717, 1.165) is 18.7 Å². The van der Waals surface area contributed by atoms with Crippen molar-refractivity contribution < 1.29 is 4.74 Å². The molecule has 1 aliphatic rings. The van der Waals surface area contributed by atoms with Gasteiger partial charge in [0.2, 0.25) is 0 Å². The van der Waals surface area contributed by atoms with Crippen molar-refractivity contribution >= 4 is 0 Å². The molecule has 1 N–H and O–H groups in total. The van der Waals surface area contributed by atoms with Crippen LogP contribution in [0.3, 0.4) is 0 Å². The molecule has 1 aromatic heterocycles. The highest BCUT2D eigenvalue weighted by Gasteiger charge is 2.17. The van der Waals surface area contributed by atoms with Crippen molar-refractivity contribution in [3.63, 3.8) is 0 Å². The summed E-state index contributed by atoms with van der Waals surface area (Å²) in [6.45, 7) is 0.959. The molecule has 1 aliphatic heterocycles. The molecule has 1 fully saturated rings. The van der Waals surface area contributed by atoms with Crippen LogP contribution < -0.4 is 5.32 Å². The fraction of sp³-hybridized carbons (Fsp3) is 0.769. The van der Waals surface area contributed by atoms with Crippen LogP contribution in [0.4, 0.5) is 0 Å². The number of rotatable bonds is 6. The number of imidazole rings is 1. The van der Waals surface area contributed by atoms with Gasteiger partial charge in [0.1, 0.15) is 0 Å². The third kappa shape index (κ3) is 3.54. The third-order valence-corrected chi connectivity index (χ3v) is 3.47. The van der Waals surface area contributed by atoms with Crippen LogP contribution in [0.2, 0.25) is 0 Å². The lowest BCUT2D eigenvalue weighted by molar-refractivity contribution is 0.101. The zero-order valence-corrected chi connectivity index (χ0v) is 10.9. The van der Waals surface area contributed by atoms with Crippen LogP contribution >= 0.6 is 0 Å². The van der Waals surface area contributed by atoms with Gasteiger partial charge in [-0.1, -0.05) is 0 Å². The standard InChI is InChI=1S/C13H23N3O/c1-14-12(13-9-16(2)10-15-13)7-3-5-11-6-4-8-17-11/h9-12,14H,3-8H2,1-2H3. The van der Waals surface area contributed by atoms with Gasteiger partial charge in [-0.2, -0.15) is 0 Å². The Hall–Kier alpha value is -0.870. The predicted octanol–water partition coefficient (Wildman–Crippen LogP) is 2.03. The van der Waals surface area contributed by atoms with Crippen LogP contribution in [0.5, 0.6) is 0 Å². The Balaban J connectivity index is 1.75.